The van der Waals surface area contributed by atoms with Gasteiger partial charge in [-0.15, -0.1) is 0 Å². The van der Waals surface area contributed by atoms with E-state index in [1.54, 1.807) is 6.92 Å². The number of esters is 1. The summed E-state index contributed by atoms with van der Waals surface area (Å²) in [5.74, 6) is -0.607. The molecule has 0 spiro atoms. The van der Waals surface area contributed by atoms with Gasteiger partial charge >= 0.3 is 11.7 Å². The van der Waals surface area contributed by atoms with Gasteiger partial charge in [0.05, 0.1) is 19.6 Å². The Labute approximate surface area is 221 Å². The zero-order valence-corrected chi connectivity index (χ0v) is 26.3. The van der Waals surface area contributed by atoms with Crippen molar-refractivity contribution >= 4 is 22.6 Å². The maximum Gasteiger partial charge on any atom is 0.330 e. The van der Waals surface area contributed by atoms with Gasteiger partial charge < -0.3 is 23.4 Å². The van der Waals surface area contributed by atoms with Gasteiger partial charge in [-0.25, -0.2) is 4.79 Å². The van der Waals surface area contributed by atoms with Crippen molar-refractivity contribution in [3.63, 3.8) is 0 Å². The Balaban J connectivity index is 2.65. The molecule has 1 aliphatic rings. The minimum absolute atomic E-state index is 0.00162. The number of H-pyrrole nitrogens is 1. The van der Waals surface area contributed by atoms with Crippen LogP contribution in [0.5, 0.6) is 0 Å². The molecule has 37 heavy (non-hydrogen) atoms. The molecule has 0 amide bonds. The first-order valence-electron chi connectivity index (χ1n) is 12.8. The molecule has 1 saturated heterocycles. The molecule has 212 valence electrons. The van der Waals surface area contributed by atoms with Crippen LogP contribution in [-0.4, -0.2) is 68.3 Å². The molecule has 2 N–H and O–H groups in total. The Morgan fingerprint density at radius 2 is 1.68 bits per heavy atom. The van der Waals surface area contributed by atoms with Crippen molar-refractivity contribution in [3.05, 3.63) is 33.1 Å². The average Bonchev–Trinajstić information content (AvgIpc) is 2.96. The number of carbonyl (C=O) groups is 1. The molecule has 2 heterocycles. The largest absolute Gasteiger partial charge is 0.466 e. The summed E-state index contributed by atoms with van der Waals surface area (Å²) in [5.41, 5.74) is -3.11. The number of aromatic amines is 1. The Morgan fingerprint density at radius 1 is 1.11 bits per heavy atom. The van der Waals surface area contributed by atoms with Gasteiger partial charge in [-0.05, 0) is 43.2 Å². The molecule has 12 heteroatoms. The predicted molar refractivity (Wildman–Crippen MR) is 147 cm³/mol. The van der Waals surface area contributed by atoms with Crippen molar-refractivity contribution in [1.29, 1.82) is 0 Å². The van der Waals surface area contributed by atoms with Crippen molar-refractivity contribution in [2.45, 2.75) is 115 Å². The van der Waals surface area contributed by atoms with Gasteiger partial charge in [0.2, 0.25) is 0 Å². The summed E-state index contributed by atoms with van der Waals surface area (Å²) in [6.07, 6.45) is -2.29. The minimum Gasteiger partial charge on any atom is -0.466 e. The van der Waals surface area contributed by atoms with Gasteiger partial charge in [-0.1, -0.05) is 41.5 Å². The molecule has 1 aromatic heterocycles. The Kier molecular flexibility index (Phi) is 9.31. The van der Waals surface area contributed by atoms with Gasteiger partial charge in [0.1, 0.15) is 17.8 Å². The predicted octanol–water partition coefficient (Wildman–Crippen LogP) is 3.53. The topological polar surface area (TPSA) is 129 Å². The van der Waals surface area contributed by atoms with E-state index in [9.17, 15) is 19.5 Å². The van der Waals surface area contributed by atoms with Gasteiger partial charge in [-0.3, -0.25) is 19.1 Å². The zero-order valence-electron chi connectivity index (χ0n) is 24.3. The first-order chi connectivity index (χ1) is 16.7. The fourth-order valence-corrected chi connectivity index (χ4v) is 5.93. The molecule has 2 rings (SSSR count). The van der Waals surface area contributed by atoms with Crippen molar-refractivity contribution in [2.75, 3.05) is 13.2 Å². The van der Waals surface area contributed by atoms with Crippen LogP contribution in [0.1, 0.15) is 61.1 Å². The molecule has 0 aromatic carbocycles. The fourth-order valence-electron chi connectivity index (χ4n) is 3.62. The minimum atomic E-state index is -2.56. The van der Waals surface area contributed by atoms with Crippen molar-refractivity contribution in [3.8, 4) is 0 Å². The van der Waals surface area contributed by atoms with Crippen molar-refractivity contribution in [2.24, 2.45) is 0 Å². The van der Waals surface area contributed by atoms with Crippen LogP contribution in [0.2, 0.25) is 36.3 Å². The second-order valence-electron chi connectivity index (χ2n) is 12.9. The fraction of sp³-hybridized carbons (Fsp3) is 0.800. The highest BCUT2D eigenvalue weighted by Gasteiger charge is 2.61. The summed E-state index contributed by atoms with van der Waals surface area (Å²) in [7, 11) is -4.83. The smallest absolute Gasteiger partial charge is 0.330 e. The highest BCUT2D eigenvalue weighted by atomic mass is 28.4. The quantitative estimate of drug-likeness (QED) is 0.348. The number of nitrogens with one attached hydrogen (secondary N) is 1. The summed E-state index contributed by atoms with van der Waals surface area (Å²) < 4.78 is 25.8. The third-order valence-corrected chi connectivity index (χ3v) is 17.1. The molecule has 0 aliphatic carbocycles. The van der Waals surface area contributed by atoms with E-state index in [-0.39, 0.29) is 23.3 Å². The van der Waals surface area contributed by atoms with Crippen molar-refractivity contribution < 1.29 is 28.2 Å². The molecular formula is C25H46N2O8Si2. The molecule has 4 atom stereocenters. The molecule has 1 aliphatic heterocycles. The normalized spacial score (nSPS) is 25.4. The Bertz CT molecular complexity index is 1070. The van der Waals surface area contributed by atoms with Crippen LogP contribution in [0, 0.1) is 0 Å². The summed E-state index contributed by atoms with van der Waals surface area (Å²) in [6, 6.07) is 1.21. The summed E-state index contributed by atoms with van der Waals surface area (Å²) in [4.78, 5) is 39.5. The van der Waals surface area contributed by atoms with E-state index in [1.165, 1.54) is 16.8 Å². The lowest BCUT2D eigenvalue weighted by Crippen LogP contribution is -2.57. The van der Waals surface area contributed by atoms with E-state index in [0.717, 1.165) is 0 Å². The molecule has 1 unspecified atom stereocenters. The number of carbonyl (C=O) groups excluding carboxylic acids is 1. The second kappa shape index (κ2) is 10.9. The zero-order chi connectivity index (χ0) is 28.6. The Hall–Kier alpha value is -1.58. The third kappa shape index (κ3) is 6.90. The van der Waals surface area contributed by atoms with Crippen molar-refractivity contribution in [1.82, 2.24) is 9.55 Å². The van der Waals surface area contributed by atoms with E-state index in [2.05, 4.69) is 59.6 Å². The van der Waals surface area contributed by atoms with E-state index in [4.69, 9.17) is 18.3 Å². The number of aliphatic hydroxyl groups is 1. The second-order valence-corrected chi connectivity index (χ2v) is 22.4. The molecule has 0 radical (unpaired) electrons. The number of aromatic nitrogens is 2. The van der Waals surface area contributed by atoms with Crippen LogP contribution in [0.15, 0.2) is 21.9 Å². The van der Waals surface area contributed by atoms with Crippen LogP contribution in [-0.2, 0) is 23.1 Å². The lowest BCUT2D eigenvalue weighted by Gasteiger charge is -2.43. The summed E-state index contributed by atoms with van der Waals surface area (Å²) in [6.45, 7) is 22.5. The Morgan fingerprint density at radius 3 is 2.16 bits per heavy atom. The van der Waals surface area contributed by atoms with Gasteiger partial charge in [-0.2, -0.15) is 0 Å². The highest BCUT2D eigenvalue weighted by molar-refractivity contribution is 6.74. The number of hydrogen-bond donors (Lipinski definition) is 2. The van der Waals surface area contributed by atoms with Crippen LogP contribution in [0.3, 0.4) is 0 Å². The molecular weight excluding hydrogens is 512 g/mol. The standard InChI is InChI=1S/C25H46N2O8Si2/c1-12-32-19(29)15-25(31)17(16-33-36(8,9)23(2,3)4)34-21(27-14-13-18(28)26-22(27)30)20(25)35-37(10,11)24(5,6)7/h13-14,17,20-21,31H,12,15-16H2,1-11H3,(H,26,28,30)/t17-,20+,21-,25?/m1/s1. The average molecular weight is 559 g/mol. The van der Waals surface area contributed by atoms with Gasteiger partial charge in [0, 0.05) is 12.3 Å². The van der Waals surface area contributed by atoms with Crippen LogP contribution >= 0.6 is 0 Å². The van der Waals surface area contributed by atoms with E-state index < -0.39 is 64.3 Å². The molecule has 0 bridgehead atoms. The number of hydrogen-bond acceptors (Lipinski definition) is 8. The number of nitrogens with zero attached hydrogens (tertiary/aromatic N) is 1. The monoisotopic (exact) mass is 558 g/mol. The van der Waals surface area contributed by atoms with E-state index in [1.807, 2.05) is 13.1 Å². The molecule has 1 fully saturated rings. The van der Waals surface area contributed by atoms with Gasteiger partial charge in [0.25, 0.3) is 5.56 Å². The van der Waals surface area contributed by atoms with Gasteiger partial charge in [0.15, 0.2) is 22.9 Å². The number of ether oxygens (including phenoxy) is 2. The van der Waals surface area contributed by atoms with Crippen LogP contribution in [0.4, 0.5) is 0 Å². The molecule has 10 nitrogen and oxygen atoms in total. The van der Waals surface area contributed by atoms with E-state index in [0.29, 0.717) is 0 Å². The maximum atomic E-state index is 12.8. The maximum absolute atomic E-state index is 12.8. The summed E-state index contributed by atoms with van der Waals surface area (Å²) >= 11 is 0. The highest BCUT2D eigenvalue weighted by Crippen LogP contribution is 2.47. The third-order valence-electron chi connectivity index (χ3n) is 8.10. The summed E-state index contributed by atoms with van der Waals surface area (Å²) in [5, 5.41) is 11.9. The van der Waals surface area contributed by atoms with Crippen LogP contribution < -0.4 is 11.2 Å². The lowest BCUT2D eigenvalue weighted by atomic mass is 9.88. The first kappa shape index (κ1) is 31.6. The SMILES string of the molecule is CCOC(=O)CC1(O)[C@@H](CO[Si](C)(C)C(C)(C)C)O[C@@H](n2ccc(=O)[nH]c2=O)[C@@H]1O[Si](C)(C)C(C)(C)C. The molecule has 0 saturated carbocycles. The number of rotatable bonds is 9. The first-order valence-corrected chi connectivity index (χ1v) is 18.6. The van der Waals surface area contributed by atoms with E-state index >= 15 is 0 Å². The molecule has 1 aromatic rings. The lowest BCUT2D eigenvalue weighted by molar-refractivity contribution is -0.156. The van der Waals surface area contributed by atoms with Crippen LogP contribution in [0.25, 0.3) is 0 Å².